The molecule has 1 aromatic rings. The molecule has 1 N–H and O–H groups in total. The molecular formula is C15H26N2OS. The van der Waals surface area contributed by atoms with Crippen LogP contribution in [0.25, 0.3) is 0 Å². The highest BCUT2D eigenvalue weighted by molar-refractivity contribution is 7.99. The van der Waals surface area contributed by atoms with Gasteiger partial charge in [-0.1, -0.05) is 13.8 Å². The van der Waals surface area contributed by atoms with Crippen LogP contribution in [-0.4, -0.2) is 36.0 Å². The second kappa shape index (κ2) is 7.98. The van der Waals surface area contributed by atoms with E-state index in [1.807, 2.05) is 6.26 Å². The van der Waals surface area contributed by atoms with Crippen molar-refractivity contribution in [2.45, 2.75) is 33.4 Å². The Morgan fingerprint density at radius 3 is 3.11 bits per heavy atom. The first-order chi connectivity index (χ1) is 9.24. The van der Waals surface area contributed by atoms with Gasteiger partial charge in [-0.05, 0) is 37.2 Å². The number of furan rings is 1. The minimum Gasteiger partial charge on any atom is -0.468 e. The van der Waals surface area contributed by atoms with Gasteiger partial charge in [-0.2, -0.15) is 11.8 Å². The van der Waals surface area contributed by atoms with E-state index in [2.05, 4.69) is 41.9 Å². The molecule has 0 atom stereocenters. The molecule has 0 bridgehead atoms. The summed E-state index contributed by atoms with van der Waals surface area (Å²) in [5.74, 6) is 4.36. The summed E-state index contributed by atoms with van der Waals surface area (Å²) in [6.45, 7) is 9.78. The van der Waals surface area contributed by atoms with Crippen LogP contribution in [0.15, 0.2) is 16.7 Å². The van der Waals surface area contributed by atoms with Crippen LogP contribution in [0, 0.1) is 5.92 Å². The first-order valence-electron chi connectivity index (χ1n) is 7.31. The monoisotopic (exact) mass is 282 g/mol. The Morgan fingerprint density at radius 2 is 2.26 bits per heavy atom. The van der Waals surface area contributed by atoms with Crippen molar-refractivity contribution in [3.8, 4) is 0 Å². The molecule has 0 aromatic carbocycles. The normalized spacial score (nSPS) is 17.8. The van der Waals surface area contributed by atoms with Gasteiger partial charge in [0.2, 0.25) is 0 Å². The van der Waals surface area contributed by atoms with Gasteiger partial charge in [0.25, 0.3) is 0 Å². The summed E-state index contributed by atoms with van der Waals surface area (Å²) in [6, 6.07) is 2.20. The summed E-state index contributed by atoms with van der Waals surface area (Å²) in [5, 5.41) is 3.45. The smallest absolute Gasteiger partial charge is 0.118 e. The molecule has 0 radical (unpaired) electrons. The van der Waals surface area contributed by atoms with Crippen LogP contribution in [0.4, 0.5) is 0 Å². The molecule has 108 valence electrons. The molecule has 19 heavy (non-hydrogen) atoms. The Kier molecular flexibility index (Phi) is 6.28. The summed E-state index contributed by atoms with van der Waals surface area (Å²) >= 11 is 2.07. The van der Waals surface area contributed by atoms with Crippen LogP contribution in [0.3, 0.4) is 0 Å². The lowest BCUT2D eigenvalue weighted by Crippen LogP contribution is -2.25. The first-order valence-corrected chi connectivity index (χ1v) is 8.46. The zero-order chi connectivity index (χ0) is 13.5. The molecule has 1 aliphatic heterocycles. The summed E-state index contributed by atoms with van der Waals surface area (Å²) in [7, 11) is 0. The Hall–Kier alpha value is -0.450. The third-order valence-electron chi connectivity index (χ3n) is 3.28. The van der Waals surface area contributed by atoms with Crippen LogP contribution in [0.1, 0.15) is 31.6 Å². The van der Waals surface area contributed by atoms with E-state index >= 15 is 0 Å². The number of rotatable bonds is 6. The molecule has 3 nitrogen and oxygen atoms in total. The summed E-state index contributed by atoms with van der Waals surface area (Å²) in [4.78, 5) is 2.50. The lowest BCUT2D eigenvalue weighted by atomic mass is 10.2. The van der Waals surface area contributed by atoms with Crippen molar-refractivity contribution >= 4 is 11.8 Å². The van der Waals surface area contributed by atoms with Crippen molar-refractivity contribution in [2.75, 3.05) is 31.1 Å². The van der Waals surface area contributed by atoms with Crippen LogP contribution in [0.5, 0.6) is 0 Å². The molecule has 0 saturated carbocycles. The molecule has 4 heteroatoms. The number of thioether (sulfide) groups is 1. The SMILES string of the molecule is CC(C)CNCc1coc(CN2CCCSCC2)c1. The van der Waals surface area contributed by atoms with Crippen molar-refractivity contribution in [3.05, 3.63) is 23.7 Å². The average molecular weight is 282 g/mol. The second-order valence-electron chi connectivity index (χ2n) is 5.69. The maximum absolute atomic E-state index is 5.68. The fourth-order valence-electron chi connectivity index (χ4n) is 2.28. The number of nitrogens with zero attached hydrogens (tertiary/aromatic N) is 1. The predicted molar refractivity (Wildman–Crippen MR) is 82.5 cm³/mol. The topological polar surface area (TPSA) is 28.4 Å². The maximum Gasteiger partial charge on any atom is 0.118 e. The Balaban J connectivity index is 1.76. The van der Waals surface area contributed by atoms with E-state index in [-0.39, 0.29) is 0 Å². The molecule has 0 unspecified atom stereocenters. The number of nitrogens with one attached hydrogen (secondary N) is 1. The summed E-state index contributed by atoms with van der Waals surface area (Å²) in [6.07, 6.45) is 3.20. The van der Waals surface area contributed by atoms with E-state index in [1.165, 1.54) is 36.6 Å². The van der Waals surface area contributed by atoms with E-state index in [4.69, 9.17) is 4.42 Å². The molecule has 2 heterocycles. The van der Waals surface area contributed by atoms with Crippen molar-refractivity contribution in [1.29, 1.82) is 0 Å². The molecule has 0 spiro atoms. The molecule has 2 rings (SSSR count). The van der Waals surface area contributed by atoms with Crippen molar-refractivity contribution in [2.24, 2.45) is 5.92 Å². The van der Waals surface area contributed by atoms with Crippen LogP contribution >= 0.6 is 11.8 Å². The molecular weight excluding hydrogens is 256 g/mol. The van der Waals surface area contributed by atoms with Crippen molar-refractivity contribution in [3.63, 3.8) is 0 Å². The van der Waals surface area contributed by atoms with E-state index < -0.39 is 0 Å². The molecule has 1 aromatic heterocycles. The van der Waals surface area contributed by atoms with E-state index in [1.54, 1.807) is 0 Å². The zero-order valence-corrected chi connectivity index (χ0v) is 13.0. The van der Waals surface area contributed by atoms with Gasteiger partial charge < -0.3 is 9.73 Å². The highest BCUT2D eigenvalue weighted by Gasteiger charge is 2.11. The van der Waals surface area contributed by atoms with Gasteiger partial charge in [0.1, 0.15) is 5.76 Å². The largest absolute Gasteiger partial charge is 0.468 e. The van der Waals surface area contributed by atoms with Gasteiger partial charge in [-0.25, -0.2) is 0 Å². The number of hydrogen-bond acceptors (Lipinski definition) is 4. The molecule has 1 aliphatic rings. The minimum absolute atomic E-state index is 0.695. The third kappa shape index (κ3) is 5.59. The Bertz CT molecular complexity index is 357. The summed E-state index contributed by atoms with van der Waals surface area (Å²) in [5.41, 5.74) is 1.26. The van der Waals surface area contributed by atoms with Gasteiger partial charge in [0.15, 0.2) is 0 Å². The molecule has 1 fully saturated rings. The van der Waals surface area contributed by atoms with Gasteiger partial charge in [0.05, 0.1) is 12.8 Å². The summed E-state index contributed by atoms with van der Waals surface area (Å²) < 4.78 is 5.68. The van der Waals surface area contributed by atoms with Crippen LogP contribution < -0.4 is 5.32 Å². The molecule has 0 aliphatic carbocycles. The van der Waals surface area contributed by atoms with E-state index in [0.29, 0.717) is 5.92 Å². The highest BCUT2D eigenvalue weighted by atomic mass is 32.2. The Morgan fingerprint density at radius 1 is 1.37 bits per heavy atom. The van der Waals surface area contributed by atoms with E-state index in [0.717, 1.165) is 25.4 Å². The van der Waals surface area contributed by atoms with Gasteiger partial charge >= 0.3 is 0 Å². The van der Waals surface area contributed by atoms with Crippen LogP contribution in [-0.2, 0) is 13.1 Å². The second-order valence-corrected chi connectivity index (χ2v) is 6.91. The van der Waals surface area contributed by atoms with Crippen molar-refractivity contribution < 1.29 is 4.42 Å². The fourth-order valence-corrected chi connectivity index (χ4v) is 3.21. The molecule has 0 amide bonds. The quantitative estimate of drug-likeness (QED) is 0.868. The lowest BCUT2D eigenvalue weighted by molar-refractivity contribution is 0.262. The van der Waals surface area contributed by atoms with Gasteiger partial charge in [-0.15, -0.1) is 0 Å². The Labute approximate surface area is 121 Å². The van der Waals surface area contributed by atoms with Crippen molar-refractivity contribution in [1.82, 2.24) is 10.2 Å². The van der Waals surface area contributed by atoms with E-state index in [9.17, 15) is 0 Å². The minimum atomic E-state index is 0.695. The maximum atomic E-state index is 5.68. The highest BCUT2D eigenvalue weighted by Crippen LogP contribution is 2.15. The lowest BCUT2D eigenvalue weighted by Gasteiger charge is -2.17. The molecule has 1 saturated heterocycles. The first kappa shape index (κ1) is 14.9. The fraction of sp³-hybridized carbons (Fsp3) is 0.733. The van der Waals surface area contributed by atoms with Crippen LogP contribution in [0.2, 0.25) is 0 Å². The third-order valence-corrected chi connectivity index (χ3v) is 4.33. The van der Waals surface area contributed by atoms with Gasteiger partial charge in [0, 0.05) is 24.4 Å². The standard InChI is InChI=1S/C15H26N2OS/c1-13(2)9-16-10-14-8-15(18-12-14)11-17-4-3-6-19-7-5-17/h8,12-13,16H,3-7,9-11H2,1-2H3. The zero-order valence-electron chi connectivity index (χ0n) is 12.2. The average Bonchev–Trinajstić information content (AvgIpc) is 2.65. The van der Waals surface area contributed by atoms with Gasteiger partial charge in [-0.3, -0.25) is 4.90 Å². The predicted octanol–water partition coefficient (Wildman–Crippen LogP) is 2.96. The number of hydrogen-bond donors (Lipinski definition) is 1.